The van der Waals surface area contributed by atoms with Gasteiger partial charge in [0.15, 0.2) is 0 Å². The van der Waals surface area contributed by atoms with Crippen LogP contribution in [0.1, 0.15) is 19.8 Å². The van der Waals surface area contributed by atoms with Gasteiger partial charge in [0.05, 0.1) is 0 Å². The van der Waals surface area contributed by atoms with Crippen LogP contribution in [0.15, 0.2) is 0 Å². The zero-order chi connectivity index (χ0) is 10.4. The normalized spacial score (nSPS) is 9.69. The minimum absolute atomic E-state index is 0.0110. The Morgan fingerprint density at radius 1 is 1.23 bits per heavy atom. The lowest BCUT2D eigenvalue weighted by Gasteiger charge is -2.08. The van der Waals surface area contributed by atoms with Gasteiger partial charge in [-0.1, -0.05) is 6.92 Å². The molecule has 74 valence electrons. The van der Waals surface area contributed by atoms with E-state index in [0.29, 0.717) is 6.42 Å². The maximum atomic E-state index is 10.7. The van der Waals surface area contributed by atoms with E-state index >= 15 is 0 Å². The molecular weight excluding hydrogens is 180 g/mol. The van der Waals surface area contributed by atoms with Crippen LogP contribution in [0.25, 0.3) is 0 Å². The van der Waals surface area contributed by atoms with E-state index in [0.717, 1.165) is 0 Å². The molecule has 13 heavy (non-hydrogen) atoms. The van der Waals surface area contributed by atoms with Crippen LogP contribution in [-0.4, -0.2) is 34.2 Å². The van der Waals surface area contributed by atoms with E-state index < -0.39 is 24.0 Å². The second kappa shape index (κ2) is 5.13. The molecule has 0 spiro atoms. The third-order valence-electron chi connectivity index (χ3n) is 1.15. The number of carbonyl (C=O) groups excluding carboxylic acids is 1. The van der Waals surface area contributed by atoms with E-state index in [-0.39, 0.29) is 6.42 Å². The quantitative estimate of drug-likeness (QED) is 0.462. The van der Waals surface area contributed by atoms with Crippen molar-refractivity contribution in [3.8, 4) is 0 Å². The molecule has 0 heterocycles. The zero-order valence-corrected chi connectivity index (χ0v) is 7.02. The number of carboxylic acids is 2. The highest BCUT2D eigenvalue weighted by Gasteiger charge is 2.29. The summed E-state index contributed by atoms with van der Waals surface area (Å²) in [5.74, 6) is -4.19. The molecule has 0 aliphatic heterocycles. The van der Waals surface area contributed by atoms with Gasteiger partial charge >= 0.3 is 17.9 Å². The highest BCUT2D eigenvalue weighted by atomic mass is 16.6. The fourth-order valence-electron chi connectivity index (χ4n) is 0.601. The fourth-order valence-corrected chi connectivity index (χ4v) is 0.601. The maximum Gasteiger partial charge on any atom is 0.356 e. The second-order valence-electron chi connectivity index (χ2n) is 2.30. The summed E-state index contributed by atoms with van der Waals surface area (Å²) in [5.41, 5.74) is 0. The van der Waals surface area contributed by atoms with Gasteiger partial charge in [0.1, 0.15) is 0 Å². The summed E-state index contributed by atoms with van der Waals surface area (Å²) in [6.45, 7) is 1.69. The number of hydrogen-bond donors (Lipinski definition) is 2. The first-order chi connectivity index (χ1) is 5.99. The highest BCUT2D eigenvalue weighted by molar-refractivity contribution is 5.97. The summed E-state index contributed by atoms with van der Waals surface area (Å²) in [5, 5.41) is 16.6. The van der Waals surface area contributed by atoms with Crippen LogP contribution in [0.2, 0.25) is 0 Å². The molecule has 0 aromatic rings. The molecule has 0 saturated carbocycles. The number of rotatable bonds is 5. The van der Waals surface area contributed by atoms with Crippen molar-refractivity contribution >= 4 is 17.9 Å². The molecule has 6 heteroatoms. The van der Waals surface area contributed by atoms with Crippen LogP contribution in [0.4, 0.5) is 0 Å². The van der Waals surface area contributed by atoms with Crippen LogP contribution in [0.5, 0.6) is 0 Å². The van der Waals surface area contributed by atoms with Gasteiger partial charge in [-0.05, 0) is 6.42 Å². The average molecular weight is 190 g/mol. The van der Waals surface area contributed by atoms with Crippen LogP contribution >= 0.6 is 0 Å². The van der Waals surface area contributed by atoms with E-state index in [4.69, 9.17) is 10.2 Å². The number of aliphatic carboxylic acids is 2. The molecule has 0 rings (SSSR count). The third-order valence-corrected chi connectivity index (χ3v) is 1.15. The van der Waals surface area contributed by atoms with E-state index in [2.05, 4.69) is 4.74 Å². The van der Waals surface area contributed by atoms with Crippen LogP contribution < -0.4 is 0 Å². The van der Waals surface area contributed by atoms with E-state index in [1.165, 1.54) is 0 Å². The zero-order valence-electron chi connectivity index (χ0n) is 7.02. The second-order valence-corrected chi connectivity index (χ2v) is 2.30. The van der Waals surface area contributed by atoms with Gasteiger partial charge in [-0.25, -0.2) is 9.59 Å². The molecule has 0 unspecified atom stereocenters. The third kappa shape index (κ3) is 4.09. The summed E-state index contributed by atoms with van der Waals surface area (Å²) in [4.78, 5) is 31.2. The first-order valence-electron chi connectivity index (χ1n) is 3.64. The van der Waals surface area contributed by atoms with E-state index in [1.807, 2.05) is 0 Å². The monoisotopic (exact) mass is 190 g/mol. The molecule has 0 atom stereocenters. The van der Waals surface area contributed by atoms with E-state index in [1.54, 1.807) is 6.92 Å². The van der Waals surface area contributed by atoms with Crippen molar-refractivity contribution in [1.82, 2.24) is 0 Å². The van der Waals surface area contributed by atoms with Crippen LogP contribution in [-0.2, 0) is 19.1 Å². The Morgan fingerprint density at radius 3 is 2.00 bits per heavy atom. The molecule has 0 aromatic carbocycles. The molecule has 0 bridgehead atoms. The first kappa shape index (κ1) is 11.4. The number of carboxylic acid groups (broad SMARTS) is 2. The Bertz CT molecular complexity index is 207. The van der Waals surface area contributed by atoms with Gasteiger partial charge in [0.25, 0.3) is 6.10 Å². The topological polar surface area (TPSA) is 101 Å². The Labute approximate surface area is 74.1 Å². The molecule has 0 aromatic heterocycles. The predicted octanol–water partition coefficient (Wildman–Crippen LogP) is -0.132. The number of esters is 1. The summed E-state index contributed by atoms with van der Waals surface area (Å²) < 4.78 is 4.18. The predicted molar refractivity (Wildman–Crippen MR) is 40.1 cm³/mol. The van der Waals surface area contributed by atoms with Crippen molar-refractivity contribution in [1.29, 1.82) is 0 Å². The number of carbonyl (C=O) groups is 3. The molecule has 0 amide bonds. The highest BCUT2D eigenvalue weighted by Crippen LogP contribution is 1.98. The Balaban J connectivity index is 4.19. The summed E-state index contributed by atoms with van der Waals surface area (Å²) in [7, 11) is 0. The van der Waals surface area contributed by atoms with Gasteiger partial charge in [-0.15, -0.1) is 0 Å². The van der Waals surface area contributed by atoms with Gasteiger partial charge in [-0.2, -0.15) is 0 Å². The standard InChI is InChI=1S/C7H10O6/c1-2-3-4(8)13-5(6(9)10)7(11)12/h5H,2-3H2,1H3,(H,9,10)(H,11,12). The summed E-state index contributed by atoms with van der Waals surface area (Å²) in [6, 6.07) is 0. The molecule has 0 radical (unpaired) electrons. The summed E-state index contributed by atoms with van der Waals surface area (Å²) >= 11 is 0. The van der Waals surface area contributed by atoms with Gasteiger partial charge in [-0.3, -0.25) is 4.79 Å². The Kier molecular flexibility index (Phi) is 4.50. The summed E-state index contributed by atoms with van der Waals surface area (Å²) in [6.07, 6.45) is -1.61. The minimum Gasteiger partial charge on any atom is -0.478 e. The number of hydrogen-bond acceptors (Lipinski definition) is 4. The van der Waals surface area contributed by atoms with Crippen molar-refractivity contribution in [3.05, 3.63) is 0 Å². The smallest absolute Gasteiger partial charge is 0.356 e. The van der Waals surface area contributed by atoms with Crippen molar-refractivity contribution in [2.24, 2.45) is 0 Å². The van der Waals surface area contributed by atoms with Crippen LogP contribution in [0.3, 0.4) is 0 Å². The SMILES string of the molecule is CCCC(=O)OC(C(=O)O)C(=O)O. The van der Waals surface area contributed by atoms with Gasteiger partial charge in [0, 0.05) is 6.42 Å². The largest absolute Gasteiger partial charge is 0.478 e. The van der Waals surface area contributed by atoms with E-state index in [9.17, 15) is 14.4 Å². The molecule has 0 aliphatic carbocycles. The van der Waals surface area contributed by atoms with Crippen molar-refractivity contribution in [2.45, 2.75) is 25.9 Å². The van der Waals surface area contributed by atoms with Gasteiger partial charge < -0.3 is 14.9 Å². The molecule has 6 nitrogen and oxygen atoms in total. The molecule has 0 aliphatic rings. The van der Waals surface area contributed by atoms with Crippen molar-refractivity contribution < 1.29 is 29.3 Å². The first-order valence-corrected chi connectivity index (χ1v) is 3.64. The molecule has 2 N–H and O–H groups in total. The Hall–Kier alpha value is -1.59. The van der Waals surface area contributed by atoms with Gasteiger partial charge in [0.2, 0.25) is 0 Å². The number of ether oxygens (including phenoxy) is 1. The maximum absolute atomic E-state index is 10.7. The van der Waals surface area contributed by atoms with Crippen LogP contribution in [0, 0.1) is 0 Å². The minimum atomic E-state index is -2.10. The lowest BCUT2D eigenvalue weighted by Crippen LogP contribution is -2.34. The Morgan fingerprint density at radius 2 is 1.69 bits per heavy atom. The molecule has 0 saturated heterocycles. The van der Waals surface area contributed by atoms with Crippen molar-refractivity contribution in [2.75, 3.05) is 0 Å². The average Bonchev–Trinajstić information content (AvgIpc) is 1.99. The van der Waals surface area contributed by atoms with Crippen molar-refractivity contribution in [3.63, 3.8) is 0 Å². The lowest BCUT2D eigenvalue weighted by atomic mass is 10.3. The molecule has 0 fully saturated rings. The lowest BCUT2D eigenvalue weighted by molar-refractivity contribution is -0.174. The molecular formula is C7H10O6. The fraction of sp³-hybridized carbons (Fsp3) is 0.571.